The van der Waals surface area contributed by atoms with E-state index in [0.29, 0.717) is 11.8 Å². The maximum atomic E-state index is 10.1. The van der Waals surface area contributed by atoms with Crippen molar-refractivity contribution in [3.63, 3.8) is 0 Å². The molecule has 1 fully saturated rings. The zero-order valence-electron chi connectivity index (χ0n) is 15.7. The number of aliphatic imine (C=N–C) groups is 1. The molecule has 0 spiro atoms. The largest absolute Gasteiger partial charge is 0.317 e. The fourth-order valence-corrected chi connectivity index (χ4v) is 3.01. The van der Waals surface area contributed by atoms with Crippen molar-refractivity contribution in [3.05, 3.63) is 11.3 Å². The van der Waals surface area contributed by atoms with Gasteiger partial charge in [0.15, 0.2) is 0 Å². The first-order valence-electron chi connectivity index (χ1n) is 9.08. The highest BCUT2D eigenvalue weighted by Gasteiger charge is 2.13. The van der Waals surface area contributed by atoms with E-state index in [4.69, 9.17) is 4.99 Å². The molecule has 4 heteroatoms. The monoisotopic (exact) mass is 321 g/mol. The van der Waals surface area contributed by atoms with Gasteiger partial charge in [0.05, 0.1) is 0 Å². The van der Waals surface area contributed by atoms with Gasteiger partial charge in [0, 0.05) is 36.8 Å². The van der Waals surface area contributed by atoms with Crippen LogP contribution in [0.15, 0.2) is 16.3 Å². The van der Waals surface area contributed by atoms with Crippen LogP contribution >= 0.6 is 0 Å². The summed E-state index contributed by atoms with van der Waals surface area (Å²) in [5.74, 6) is 0.922. The van der Waals surface area contributed by atoms with Crippen molar-refractivity contribution >= 4 is 12.0 Å². The van der Waals surface area contributed by atoms with E-state index in [9.17, 15) is 4.79 Å². The van der Waals surface area contributed by atoms with Crippen LogP contribution in [0.4, 0.5) is 0 Å². The van der Waals surface area contributed by atoms with E-state index in [0.717, 1.165) is 58.1 Å². The molecule has 1 saturated heterocycles. The lowest BCUT2D eigenvalue weighted by Crippen LogP contribution is -2.28. The van der Waals surface area contributed by atoms with Crippen LogP contribution < -0.4 is 5.32 Å². The fraction of sp³-hybridized carbons (Fsp3) is 0.789. The third-order valence-electron chi connectivity index (χ3n) is 4.61. The lowest BCUT2D eigenvalue weighted by Gasteiger charge is -2.24. The number of carbonyl (C=O) groups is 1. The Balaban J connectivity index is 0.000000277. The highest BCUT2D eigenvalue weighted by molar-refractivity contribution is 5.86. The van der Waals surface area contributed by atoms with Gasteiger partial charge in [-0.05, 0) is 57.8 Å². The number of piperidine rings is 1. The SMILES string of the molecule is CCC(=NC1=C(C)CN(C)CC1)C(C)C.O=CC1CCNCC1. The number of nitrogens with zero attached hydrogens (tertiary/aromatic N) is 2. The average molecular weight is 322 g/mol. The summed E-state index contributed by atoms with van der Waals surface area (Å²) in [5, 5.41) is 3.19. The van der Waals surface area contributed by atoms with Gasteiger partial charge in [0.1, 0.15) is 6.29 Å². The van der Waals surface area contributed by atoms with Gasteiger partial charge in [0.25, 0.3) is 0 Å². The van der Waals surface area contributed by atoms with Crippen LogP contribution in [0, 0.1) is 11.8 Å². The van der Waals surface area contributed by atoms with Crippen LogP contribution in [0.25, 0.3) is 0 Å². The van der Waals surface area contributed by atoms with Crippen LogP contribution in [-0.2, 0) is 4.79 Å². The first-order valence-corrected chi connectivity index (χ1v) is 9.08. The fourth-order valence-electron chi connectivity index (χ4n) is 3.01. The maximum absolute atomic E-state index is 10.1. The Morgan fingerprint density at radius 3 is 2.48 bits per heavy atom. The third-order valence-corrected chi connectivity index (χ3v) is 4.61. The highest BCUT2D eigenvalue weighted by atomic mass is 16.1. The van der Waals surface area contributed by atoms with Crippen LogP contribution in [0.2, 0.25) is 0 Å². The zero-order chi connectivity index (χ0) is 17.2. The standard InChI is InChI=1S/C13H24N2.C6H11NO/c1-6-12(10(2)3)14-13-7-8-15(5)9-11(13)4;8-5-6-1-3-7-4-2-6/h10H,6-9H2,1-5H3;5-7H,1-4H2. The van der Waals surface area contributed by atoms with Crippen molar-refractivity contribution < 1.29 is 4.79 Å². The van der Waals surface area contributed by atoms with Crippen molar-refractivity contribution in [2.75, 3.05) is 33.2 Å². The van der Waals surface area contributed by atoms with Crippen molar-refractivity contribution in [3.8, 4) is 0 Å². The molecule has 132 valence electrons. The Labute approximate surface area is 142 Å². The summed E-state index contributed by atoms with van der Waals surface area (Å²) < 4.78 is 0. The van der Waals surface area contributed by atoms with E-state index < -0.39 is 0 Å². The number of aldehydes is 1. The third kappa shape index (κ3) is 7.40. The van der Waals surface area contributed by atoms with Gasteiger partial charge in [-0.3, -0.25) is 4.99 Å². The van der Waals surface area contributed by atoms with Crippen LogP contribution in [0.1, 0.15) is 53.4 Å². The van der Waals surface area contributed by atoms with E-state index in [-0.39, 0.29) is 0 Å². The van der Waals surface area contributed by atoms with E-state index in [1.165, 1.54) is 17.0 Å². The summed E-state index contributed by atoms with van der Waals surface area (Å²) in [7, 11) is 2.17. The Bertz CT molecular complexity index is 420. The molecule has 1 N–H and O–H groups in total. The predicted molar refractivity (Wildman–Crippen MR) is 99.0 cm³/mol. The van der Waals surface area contributed by atoms with Crippen LogP contribution in [0.5, 0.6) is 0 Å². The van der Waals surface area contributed by atoms with Gasteiger partial charge in [-0.25, -0.2) is 0 Å². The van der Waals surface area contributed by atoms with Crippen LogP contribution in [-0.4, -0.2) is 50.1 Å². The summed E-state index contributed by atoms with van der Waals surface area (Å²) >= 11 is 0. The predicted octanol–water partition coefficient (Wildman–Crippen LogP) is 3.29. The number of rotatable bonds is 4. The molecular weight excluding hydrogens is 286 g/mol. The molecule has 0 aromatic rings. The Kier molecular flexibility index (Phi) is 9.34. The summed E-state index contributed by atoms with van der Waals surface area (Å²) in [4.78, 5) is 17.3. The second-order valence-corrected chi connectivity index (χ2v) is 7.05. The summed E-state index contributed by atoms with van der Waals surface area (Å²) in [6.07, 6.45) is 5.32. The first kappa shape index (κ1) is 20.0. The quantitative estimate of drug-likeness (QED) is 0.638. The molecule has 0 aliphatic carbocycles. The number of nitrogens with one attached hydrogen (secondary N) is 1. The molecule has 0 unspecified atom stereocenters. The van der Waals surface area contributed by atoms with E-state index in [1.54, 1.807) is 0 Å². The maximum Gasteiger partial charge on any atom is 0.123 e. The van der Waals surface area contributed by atoms with Crippen LogP contribution in [0.3, 0.4) is 0 Å². The number of carbonyl (C=O) groups excluding carboxylic acids is 1. The van der Waals surface area contributed by atoms with Gasteiger partial charge in [-0.2, -0.15) is 0 Å². The molecule has 4 nitrogen and oxygen atoms in total. The van der Waals surface area contributed by atoms with Gasteiger partial charge < -0.3 is 15.0 Å². The Hall–Kier alpha value is -1.00. The zero-order valence-corrected chi connectivity index (χ0v) is 15.7. The molecule has 23 heavy (non-hydrogen) atoms. The lowest BCUT2D eigenvalue weighted by molar-refractivity contribution is -0.111. The second kappa shape index (κ2) is 10.7. The molecule has 2 heterocycles. The minimum Gasteiger partial charge on any atom is -0.317 e. The molecule has 0 bridgehead atoms. The Morgan fingerprint density at radius 1 is 1.39 bits per heavy atom. The van der Waals surface area contributed by atoms with Gasteiger partial charge >= 0.3 is 0 Å². The molecule has 0 amide bonds. The molecule has 0 radical (unpaired) electrons. The molecule has 0 aromatic heterocycles. The van der Waals surface area contributed by atoms with Gasteiger partial charge in [0.2, 0.25) is 0 Å². The molecule has 2 aliphatic heterocycles. The van der Waals surface area contributed by atoms with Gasteiger partial charge in [-0.15, -0.1) is 0 Å². The highest BCUT2D eigenvalue weighted by Crippen LogP contribution is 2.19. The summed E-state index contributed by atoms with van der Waals surface area (Å²) in [6.45, 7) is 13.1. The molecular formula is C19H35N3O. The topological polar surface area (TPSA) is 44.7 Å². The molecule has 0 aromatic carbocycles. The number of likely N-dealkylation sites (N-methyl/N-ethyl adjacent to an activating group) is 1. The number of hydrogen-bond donors (Lipinski definition) is 1. The van der Waals surface area contributed by atoms with Crippen molar-refractivity contribution in [2.45, 2.75) is 53.4 Å². The minimum atomic E-state index is 0.344. The molecule has 0 saturated carbocycles. The molecule has 2 rings (SSSR count). The van der Waals surface area contributed by atoms with Gasteiger partial charge in [-0.1, -0.05) is 20.8 Å². The van der Waals surface area contributed by atoms with E-state index in [1.807, 2.05) is 0 Å². The average Bonchev–Trinajstić information content (AvgIpc) is 2.55. The minimum absolute atomic E-state index is 0.344. The Morgan fingerprint density at radius 2 is 2.04 bits per heavy atom. The van der Waals surface area contributed by atoms with E-state index >= 15 is 0 Å². The molecule has 0 atom stereocenters. The smallest absolute Gasteiger partial charge is 0.123 e. The molecule has 2 aliphatic rings. The summed E-state index contributed by atoms with van der Waals surface area (Å²) in [6, 6.07) is 0. The summed E-state index contributed by atoms with van der Waals surface area (Å²) in [5.41, 5.74) is 4.11. The van der Waals surface area contributed by atoms with Crippen molar-refractivity contribution in [1.29, 1.82) is 0 Å². The normalized spacial score (nSPS) is 21.2. The van der Waals surface area contributed by atoms with Crippen molar-refractivity contribution in [1.82, 2.24) is 10.2 Å². The number of hydrogen-bond acceptors (Lipinski definition) is 4. The van der Waals surface area contributed by atoms with Crippen molar-refractivity contribution in [2.24, 2.45) is 16.8 Å². The first-order chi connectivity index (χ1) is 11.0. The lowest BCUT2D eigenvalue weighted by atomic mass is 10.0. The van der Waals surface area contributed by atoms with E-state index in [2.05, 4.69) is 45.0 Å². The second-order valence-electron chi connectivity index (χ2n) is 7.05.